The quantitative estimate of drug-likeness (QED) is 0.750. The van der Waals surface area contributed by atoms with E-state index in [-0.39, 0.29) is 4.90 Å². The first-order chi connectivity index (χ1) is 7.99. The van der Waals surface area contributed by atoms with Gasteiger partial charge in [-0.2, -0.15) is 0 Å². The van der Waals surface area contributed by atoms with E-state index in [1.165, 1.54) is 6.07 Å². The Morgan fingerprint density at radius 3 is 2.94 bits per heavy atom. The largest absolute Gasteiger partial charge is 0.493 e. The van der Waals surface area contributed by atoms with Crippen LogP contribution in [-0.4, -0.2) is 27.5 Å². The molecule has 0 radical (unpaired) electrons. The summed E-state index contributed by atoms with van der Waals surface area (Å²) in [6.07, 6.45) is 0.689. The highest BCUT2D eigenvalue weighted by Gasteiger charge is 2.19. The lowest BCUT2D eigenvalue weighted by Gasteiger charge is -2.06. The zero-order valence-electron chi connectivity index (χ0n) is 8.97. The maximum absolute atomic E-state index is 11.8. The molecule has 0 spiro atoms. The third-order valence-corrected chi connectivity index (χ3v) is 3.81. The molecule has 0 unspecified atom stereocenters. The smallest absolute Gasteiger partial charge is 0.241 e. The molecule has 1 aliphatic heterocycles. The molecule has 92 valence electrons. The second-order valence-electron chi connectivity index (χ2n) is 3.66. The molecule has 6 nitrogen and oxygen atoms in total. The fourth-order valence-corrected chi connectivity index (χ4v) is 2.62. The number of carbonyl (C=O) groups excluding carboxylic acids is 1. The number of sulfonamides is 1. The minimum absolute atomic E-state index is 0.114. The minimum atomic E-state index is -3.68. The molecular formula is C10H12N2O4S. The van der Waals surface area contributed by atoms with Crippen LogP contribution in [0.4, 0.5) is 0 Å². The van der Waals surface area contributed by atoms with Gasteiger partial charge in [0.25, 0.3) is 0 Å². The molecule has 1 aromatic rings. The summed E-state index contributed by atoms with van der Waals surface area (Å²) in [5.41, 5.74) is 5.74. The summed E-state index contributed by atoms with van der Waals surface area (Å²) in [6.45, 7) is 0.156. The highest BCUT2D eigenvalue weighted by molar-refractivity contribution is 7.89. The summed E-state index contributed by atoms with van der Waals surface area (Å²) in [5.74, 6) is -0.0167. The summed E-state index contributed by atoms with van der Waals surface area (Å²) in [5, 5.41) is 0. The molecular weight excluding hydrogens is 244 g/mol. The van der Waals surface area contributed by atoms with Crippen LogP contribution in [-0.2, 0) is 21.2 Å². The van der Waals surface area contributed by atoms with Crippen molar-refractivity contribution in [3.63, 3.8) is 0 Å². The Labute approximate surface area is 98.8 Å². The molecule has 2 rings (SSSR count). The molecule has 0 bridgehead atoms. The molecule has 0 saturated heterocycles. The van der Waals surface area contributed by atoms with Crippen molar-refractivity contribution in [1.29, 1.82) is 0 Å². The van der Waals surface area contributed by atoms with E-state index in [1.54, 1.807) is 12.1 Å². The number of primary amides is 1. The molecule has 0 aromatic heterocycles. The number of fused-ring (bicyclic) bond motifs is 1. The van der Waals surface area contributed by atoms with Gasteiger partial charge >= 0.3 is 0 Å². The first-order valence-corrected chi connectivity index (χ1v) is 6.51. The number of nitrogens with one attached hydrogen (secondary N) is 1. The lowest BCUT2D eigenvalue weighted by atomic mass is 10.2. The summed E-state index contributed by atoms with van der Waals surface area (Å²) < 4.78 is 31.0. The van der Waals surface area contributed by atoms with Crippen LogP contribution in [0.25, 0.3) is 0 Å². The highest BCUT2D eigenvalue weighted by Crippen LogP contribution is 2.27. The summed E-state index contributed by atoms with van der Waals surface area (Å²) in [7, 11) is -3.68. The van der Waals surface area contributed by atoms with Gasteiger partial charge in [-0.3, -0.25) is 4.79 Å². The molecule has 0 saturated carbocycles. The number of benzene rings is 1. The zero-order valence-corrected chi connectivity index (χ0v) is 9.79. The lowest BCUT2D eigenvalue weighted by Crippen LogP contribution is -2.33. The third kappa shape index (κ3) is 2.56. The number of carbonyl (C=O) groups is 1. The molecule has 17 heavy (non-hydrogen) atoms. The molecule has 1 heterocycles. The predicted octanol–water partition coefficient (Wildman–Crippen LogP) is -0.615. The fourth-order valence-electron chi connectivity index (χ4n) is 1.58. The zero-order chi connectivity index (χ0) is 12.5. The lowest BCUT2D eigenvalue weighted by molar-refractivity contribution is -0.116. The molecule has 0 aliphatic carbocycles. The maximum atomic E-state index is 11.8. The van der Waals surface area contributed by atoms with Crippen molar-refractivity contribution in [2.75, 3.05) is 13.2 Å². The Balaban J connectivity index is 2.24. The topological polar surface area (TPSA) is 98.5 Å². The maximum Gasteiger partial charge on any atom is 0.241 e. The standard InChI is InChI=1S/C10H12N2O4S/c11-10(13)6-12-17(14,15)8-1-2-9-7(5-8)3-4-16-9/h1-2,5,12H,3-4,6H2,(H2,11,13). The molecule has 3 N–H and O–H groups in total. The van der Waals surface area contributed by atoms with Crippen LogP contribution in [0.3, 0.4) is 0 Å². The number of nitrogens with two attached hydrogens (primary N) is 1. The van der Waals surface area contributed by atoms with Crippen molar-refractivity contribution in [2.45, 2.75) is 11.3 Å². The Hall–Kier alpha value is -1.60. The van der Waals surface area contributed by atoms with Gasteiger partial charge in [-0.05, 0) is 23.8 Å². The fraction of sp³-hybridized carbons (Fsp3) is 0.300. The average molecular weight is 256 g/mol. The van der Waals surface area contributed by atoms with E-state index in [4.69, 9.17) is 10.5 Å². The van der Waals surface area contributed by atoms with Crippen molar-refractivity contribution in [1.82, 2.24) is 4.72 Å². The summed E-state index contributed by atoms with van der Waals surface area (Å²) >= 11 is 0. The first kappa shape index (κ1) is 11.9. The van der Waals surface area contributed by atoms with E-state index >= 15 is 0 Å². The first-order valence-electron chi connectivity index (χ1n) is 5.03. The molecule has 1 amide bonds. The van der Waals surface area contributed by atoms with Gasteiger partial charge in [0, 0.05) is 6.42 Å². The van der Waals surface area contributed by atoms with E-state index in [1.807, 2.05) is 0 Å². The number of hydrogen-bond acceptors (Lipinski definition) is 4. The molecule has 0 atom stereocenters. The predicted molar refractivity (Wildman–Crippen MR) is 60.0 cm³/mol. The Kier molecular flexibility index (Phi) is 3.03. The van der Waals surface area contributed by atoms with Gasteiger partial charge in [0.2, 0.25) is 15.9 Å². The van der Waals surface area contributed by atoms with Crippen LogP contribution in [0.1, 0.15) is 5.56 Å². The number of amides is 1. The summed E-state index contributed by atoms with van der Waals surface area (Å²) in [4.78, 5) is 10.7. The van der Waals surface area contributed by atoms with Crippen LogP contribution in [0.5, 0.6) is 5.75 Å². The van der Waals surface area contributed by atoms with Crippen LogP contribution < -0.4 is 15.2 Å². The summed E-state index contributed by atoms with van der Waals surface area (Å²) in [6, 6.07) is 4.60. The van der Waals surface area contributed by atoms with Crippen LogP contribution in [0, 0.1) is 0 Å². The van der Waals surface area contributed by atoms with E-state index in [2.05, 4.69) is 4.72 Å². The molecule has 1 aromatic carbocycles. The van der Waals surface area contributed by atoms with Crippen molar-refractivity contribution in [3.05, 3.63) is 23.8 Å². The van der Waals surface area contributed by atoms with Gasteiger partial charge in [-0.1, -0.05) is 0 Å². The van der Waals surface area contributed by atoms with Gasteiger partial charge in [-0.25, -0.2) is 13.1 Å². The second-order valence-corrected chi connectivity index (χ2v) is 5.43. The Bertz CT molecular complexity index is 553. The van der Waals surface area contributed by atoms with Gasteiger partial charge < -0.3 is 10.5 Å². The van der Waals surface area contributed by atoms with Gasteiger partial charge in [0.05, 0.1) is 18.0 Å². The monoisotopic (exact) mass is 256 g/mol. The number of hydrogen-bond donors (Lipinski definition) is 2. The second kappa shape index (κ2) is 4.34. The van der Waals surface area contributed by atoms with Crippen LogP contribution in [0.2, 0.25) is 0 Å². The van der Waals surface area contributed by atoms with Crippen LogP contribution in [0.15, 0.2) is 23.1 Å². The van der Waals surface area contributed by atoms with Crippen LogP contribution >= 0.6 is 0 Å². The minimum Gasteiger partial charge on any atom is -0.493 e. The average Bonchev–Trinajstić information content (AvgIpc) is 2.73. The van der Waals surface area contributed by atoms with Gasteiger partial charge in [-0.15, -0.1) is 0 Å². The van der Waals surface area contributed by atoms with E-state index in [9.17, 15) is 13.2 Å². The van der Waals surface area contributed by atoms with E-state index in [0.29, 0.717) is 18.8 Å². The van der Waals surface area contributed by atoms with E-state index < -0.39 is 22.5 Å². The SMILES string of the molecule is NC(=O)CNS(=O)(=O)c1ccc2c(c1)CCO2. The normalized spacial score (nSPS) is 14.1. The highest BCUT2D eigenvalue weighted by atomic mass is 32.2. The Morgan fingerprint density at radius 2 is 2.24 bits per heavy atom. The number of ether oxygens (including phenoxy) is 1. The van der Waals surface area contributed by atoms with Gasteiger partial charge in [0.15, 0.2) is 0 Å². The van der Waals surface area contributed by atoms with Crippen molar-refractivity contribution >= 4 is 15.9 Å². The molecule has 1 aliphatic rings. The van der Waals surface area contributed by atoms with E-state index in [0.717, 1.165) is 5.56 Å². The Morgan fingerprint density at radius 1 is 1.47 bits per heavy atom. The number of rotatable bonds is 4. The molecule has 0 fully saturated rings. The van der Waals surface area contributed by atoms with Crippen molar-refractivity contribution < 1.29 is 17.9 Å². The third-order valence-electron chi connectivity index (χ3n) is 2.41. The van der Waals surface area contributed by atoms with Crippen molar-refractivity contribution in [3.8, 4) is 5.75 Å². The van der Waals surface area contributed by atoms with Gasteiger partial charge in [0.1, 0.15) is 5.75 Å². The molecule has 7 heteroatoms. The van der Waals surface area contributed by atoms with Crippen molar-refractivity contribution in [2.24, 2.45) is 5.73 Å².